The Morgan fingerprint density at radius 3 is 2.92 bits per heavy atom. The second-order valence-electron chi connectivity index (χ2n) is 8.11. The Morgan fingerprint density at radius 2 is 2.16 bits per heavy atom. The summed E-state index contributed by atoms with van der Waals surface area (Å²) in [5, 5.41) is 0. The minimum atomic E-state index is -0.670. The van der Waals surface area contributed by atoms with Crippen LogP contribution in [0.2, 0.25) is 0 Å². The van der Waals surface area contributed by atoms with E-state index in [1.807, 2.05) is 6.92 Å². The molecule has 132 valence electrons. The highest BCUT2D eigenvalue weighted by molar-refractivity contribution is 5.90. The Morgan fingerprint density at radius 1 is 1.36 bits per heavy atom. The molecule has 1 unspecified atom stereocenters. The lowest BCUT2D eigenvalue weighted by Crippen LogP contribution is -2.77. The van der Waals surface area contributed by atoms with Crippen LogP contribution in [0.15, 0.2) is 12.1 Å². The predicted molar refractivity (Wildman–Crippen MR) is 90.8 cm³/mol. The van der Waals surface area contributed by atoms with Crippen LogP contribution in [0.5, 0.6) is 5.75 Å². The SMILES string of the molecule is CC(=O)O[C@@]12CCC(=O)[C@@H]3Oc4c(C)ccc5c4[C@@]31CCN(C)C2C5. The number of rotatable bonds is 1. The highest BCUT2D eigenvalue weighted by Gasteiger charge is 2.74. The lowest BCUT2D eigenvalue weighted by atomic mass is 9.49. The molecule has 1 aromatic carbocycles. The van der Waals surface area contributed by atoms with Gasteiger partial charge in [0.15, 0.2) is 11.9 Å². The predicted octanol–water partition coefficient (Wildman–Crippen LogP) is 1.92. The summed E-state index contributed by atoms with van der Waals surface area (Å²) in [6.07, 6.45) is 2.09. The Kier molecular flexibility index (Phi) is 2.85. The summed E-state index contributed by atoms with van der Waals surface area (Å²) in [6.45, 7) is 4.39. The van der Waals surface area contributed by atoms with E-state index >= 15 is 0 Å². The molecular weight excluding hydrogens is 318 g/mol. The Bertz CT molecular complexity index is 818. The largest absolute Gasteiger partial charge is 0.481 e. The van der Waals surface area contributed by atoms with Crippen molar-refractivity contribution < 1.29 is 19.1 Å². The second kappa shape index (κ2) is 4.64. The first-order valence-electron chi connectivity index (χ1n) is 9.13. The minimum absolute atomic E-state index is 0.0884. The van der Waals surface area contributed by atoms with Crippen LogP contribution in [-0.4, -0.2) is 48.0 Å². The molecule has 4 atom stereocenters. The molecule has 5 nitrogen and oxygen atoms in total. The van der Waals surface area contributed by atoms with Crippen LogP contribution in [0.25, 0.3) is 0 Å². The molecule has 4 aliphatic rings. The molecule has 5 heteroatoms. The number of hydrogen-bond donors (Lipinski definition) is 0. The molecule has 2 fully saturated rings. The molecule has 2 aliphatic carbocycles. The fourth-order valence-electron chi connectivity index (χ4n) is 6.12. The third kappa shape index (κ3) is 1.59. The molecule has 0 N–H and O–H groups in total. The van der Waals surface area contributed by atoms with Gasteiger partial charge in [-0.05, 0) is 50.9 Å². The van der Waals surface area contributed by atoms with Gasteiger partial charge < -0.3 is 9.47 Å². The Labute approximate surface area is 147 Å². The van der Waals surface area contributed by atoms with Gasteiger partial charge in [0.05, 0.1) is 11.5 Å². The first-order chi connectivity index (χ1) is 11.9. The van der Waals surface area contributed by atoms with Crippen molar-refractivity contribution >= 4 is 11.8 Å². The van der Waals surface area contributed by atoms with E-state index in [1.54, 1.807) is 0 Å². The molecule has 1 aromatic rings. The fraction of sp³-hybridized carbons (Fsp3) is 0.600. The first kappa shape index (κ1) is 15.4. The lowest BCUT2D eigenvalue weighted by Gasteiger charge is -2.63. The van der Waals surface area contributed by atoms with Crippen LogP contribution in [0.1, 0.15) is 42.9 Å². The van der Waals surface area contributed by atoms with Gasteiger partial charge in [0.2, 0.25) is 0 Å². The molecule has 25 heavy (non-hydrogen) atoms. The van der Waals surface area contributed by atoms with Gasteiger partial charge in [-0.25, -0.2) is 0 Å². The maximum Gasteiger partial charge on any atom is 0.303 e. The summed E-state index contributed by atoms with van der Waals surface area (Å²) < 4.78 is 12.5. The fourth-order valence-corrected chi connectivity index (χ4v) is 6.12. The van der Waals surface area contributed by atoms with Crippen molar-refractivity contribution in [3.8, 4) is 5.75 Å². The summed E-state index contributed by atoms with van der Waals surface area (Å²) in [5.74, 6) is 0.740. The number of Topliss-reactive ketones (excluding diaryl/α,β-unsaturated/α-hetero) is 1. The number of carbonyl (C=O) groups excluding carboxylic acids is 2. The monoisotopic (exact) mass is 341 g/mol. The van der Waals surface area contributed by atoms with Crippen LogP contribution in [0.3, 0.4) is 0 Å². The van der Waals surface area contributed by atoms with Gasteiger partial charge in [0.1, 0.15) is 11.4 Å². The molecule has 1 saturated heterocycles. The number of carbonyl (C=O) groups is 2. The number of ketones is 1. The van der Waals surface area contributed by atoms with E-state index < -0.39 is 17.1 Å². The zero-order valence-corrected chi connectivity index (χ0v) is 14.9. The van der Waals surface area contributed by atoms with Crippen molar-refractivity contribution in [3.63, 3.8) is 0 Å². The van der Waals surface area contributed by atoms with E-state index in [0.717, 1.165) is 36.3 Å². The third-order valence-electron chi connectivity index (χ3n) is 7.03. The molecule has 0 aromatic heterocycles. The number of piperidine rings is 1. The van der Waals surface area contributed by atoms with Crippen molar-refractivity contribution in [2.45, 2.75) is 62.7 Å². The number of esters is 1. The van der Waals surface area contributed by atoms with Gasteiger partial charge in [0, 0.05) is 18.9 Å². The number of likely N-dealkylation sites (N-methyl/N-ethyl adjacent to an activating group) is 1. The number of likely N-dealkylation sites (tertiary alicyclic amines) is 1. The highest BCUT2D eigenvalue weighted by Crippen LogP contribution is 2.64. The zero-order chi connectivity index (χ0) is 17.6. The van der Waals surface area contributed by atoms with E-state index in [-0.39, 0.29) is 17.8 Å². The summed E-state index contributed by atoms with van der Waals surface area (Å²) in [6, 6.07) is 4.34. The number of nitrogens with zero attached hydrogens (tertiary/aromatic N) is 1. The Balaban J connectivity index is 1.86. The molecular formula is C20H23NO4. The van der Waals surface area contributed by atoms with Gasteiger partial charge >= 0.3 is 5.97 Å². The third-order valence-corrected chi connectivity index (χ3v) is 7.03. The maximum atomic E-state index is 12.9. The van der Waals surface area contributed by atoms with Crippen LogP contribution in [-0.2, 0) is 26.2 Å². The minimum Gasteiger partial charge on any atom is -0.481 e. The molecule has 1 spiro atoms. The highest BCUT2D eigenvalue weighted by atomic mass is 16.6. The van der Waals surface area contributed by atoms with Crippen molar-refractivity contribution in [2.75, 3.05) is 13.6 Å². The summed E-state index contributed by atoms with van der Waals surface area (Å²) in [4.78, 5) is 27.3. The van der Waals surface area contributed by atoms with Crippen molar-refractivity contribution in [2.24, 2.45) is 0 Å². The van der Waals surface area contributed by atoms with Gasteiger partial charge in [-0.3, -0.25) is 14.5 Å². The number of aryl methyl sites for hydroxylation is 1. The van der Waals surface area contributed by atoms with E-state index in [9.17, 15) is 9.59 Å². The van der Waals surface area contributed by atoms with E-state index in [4.69, 9.17) is 9.47 Å². The van der Waals surface area contributed by atoms with Gasteiger partial charge in [-0.2, -0.15) is 0 Å². The topological polar surface area (TPSA) is 55.8 Å². The van der Waals surface area contributed by atoms with E-state index in [2.05, 4.69) is 24.1 Å². The number of ether oxygens (including phenoxy) is 2. The van der Waals surface area contributed by atoms with Crippen LogP contribution in [0.4, 0.5) is 0 Å². The molecule has 2 heterocycles. The maximum absolute atomic E-state index is 12.9. The van der Waals surface area contributed by atoms with Crippen molar-refractivity contribution in [1.82, 2.24) is 4.90 Å². The van der Waals surface area contributed by atoms with Gasteiger partial charge in [-0.15, -0.1) is 0 Å². The lowest BCUT2D eigenvalue weighted by molar-refractivity contribution is -0.211. The quantitative estimate of drug-likeness (QED) is 0.731. The summed E-state index contributed by atoms with van der Waals surface area (Å²) in [7, 11) is 2.10. The average molecular weight is 341 g/mol. The van der Waals surface area contributed by atoms with Crippen LogP contribution in [0, 0.1) is 6.92 Å². The van der Waals surface area contributed by atoms with Crippen molar-refractivity contribution in [1.29, 1.82) is 0 Å². The first-order valence-corrected chi connectivity index (χ1v) is 9.13. The smallest absolute Gasteiger partial charge is 0.303 e. The van der Waals surface area contributed by atoms with Crippen LogP contribution >= 0.6 is 0 Å². The molecule has 2 aliphatic heterocycles. The van der Waals surface area contributed by atoms with E-state index in [1.165, 1.54) is 12.5 Å². The standard InChI is InChI=1S/C20H23NO4/c1-11-4-5-13-10-15-20(25-12(2)22)7-6-14(23)18-19(20,8-9-21(15)3)16(13)17(11)24-18/h4-5,15,18H,6-10H2,1-3H3/t15?,18-,19-,20+/m0/s1. The van der Waals surface area contributed by atoms with Crippen molar-refractivity contribution in [3.05, 3.63) is 28.8 Å². The number of benzene rings is 1. The zero-order valence-electron chi connectivity index (χ0n) is 14.9. The summed E-state index contributed by atoms with van der Waals surface area (Å²) in [5.41, 5.74) is 2.26. The molecule has 1 saturated carbocycles. The molecule has 5 rings (SSSR count). The number of hydrogen-bond acceptors (Lipinski definition) is 5. The van der Waals surface area contributed by atoms with Gasteiger partial charge in [-0.1, -0.05) is 12.1 Å². The van der Waals surface area contributed by atoms with Crippen LogP contribution < -0.4 is 4.74 Å². The molecule has 2 bridgehead atoms. The normalized spacial score (nSPS) is 38.1. The molecule has 0 amide bonds. The van der Waals surface area contributed by atoms with Gasteiger partial charge in [0.25, 0.3) is 0 Å². The summed E-state index contributed by atoms with van der Waals surface area (Å²) >= 11 is 0. The Hall–Kier alpha value is -1.88. The average Bonchev–Trinajstić information content (AvgIpc) is 2.91. The molecule has 0 radical (unpaired) electrons. The van der Waals surface area contributed by atoms with E-state index in [0.29, 0.717) is 12.8 Å². The second-order valence-corrected chi connectivity index (χ2v) is 8.11.